The molecule has 3 unspecified atom stereocenters. The van der Waals surface area contributed by atoms with E-state index < -0.39 is 11.6 Å². The summed E-state index contributed by atoms with van der Waals surface area (Å²) in [5, 5.41) is 11.5. The van der Waals surface area contributed by atoms with Crippen LogP contribution in [-0.4, -0.2) is 16.7 Å². The van der Waals surface area contributed by atoms with Crippen LogP contribution < -0.4 is 0 Å². The number of benzene rings is 1. The summed E-state index contributed by atoms with van der Waals surface area (Å²) in [5.74, 6) is 0.975. The highest BCUT2D eigenvalue weighted by atomic mass is 79.9. The van der Waals surface area contributed by atoms with E-state index in [9.17, 15) is 9.90 Å². The van der Waals surface area contributed by atoms with E-state index >= 15 is 0 Å². The molecule has 4 rings (SSSR count). The predicted molar refractivity (Wildman–Crippen MR) is 96.9 cm³/mol. The number of aliphatic hydroxyl groups excluding tert-OH is 1. The average molecular weight is 412 g/mol. The molecule has 1 aromatic carbocycles. The van der Waals surface area contributed by atoms with Crippen LogP contribution in [0.3, 0.4) is 0 Å². The Labute approximate surface area is 155 Å². The molecule has 5 heteroatoms. The molecule has 2 fully saturated rings. The van der Waals surface area contributed by atoms with Crippen LogP contribution in [0.25, 0.3) is 5.57 Å². The Kier molecular flexibility index (Phi) is 3.96. The molecule has 128 valence electrons. The third-order valence-corrected chi connectivity index (χ3v) is 7.22. The van der Waals surface area contributed by atoms with E-state index in [0.29, 0.717) is 22.1 Å². The molecule has 3 aliphatic rings. The zero-order valence-electron chi connectivity index (χ0n) is 13.6. The summed E-state index contributed by atoms with van der Waals surface area (Å²) in [6, 6.07) is 3.60. The topological polar surface area (TPSA) is 46.5 Å². The Hall–Kier alpha value is -1.00. The predicted octanol–water partition coefficient (Wildman–Crippen LogP) is 5.58. The Morgan fingerprint density at radius 1 is 1.29 bits per heavy atom. The summed E-state index contributed by atoms with van der Waals surface area (Å²) in [6.07, 6.45) is 6.19. The van der Waals surface area contributed by atoms with Crippen LogP contribution in [0, 0.1) is 18.8 Å². The highest BCUT2D eigenvalue weighted by Gasteiger charge is 2.53. The van der Waals surface area contributed by atoms with Gasteiger partial charge in [-0.2, -0.15) is 0 Å². The number of ether oxygens (including phenoxy) is 1. The summed E-state index contributed by atoms with van der Waals surface area (Å²) >= 11 is 9.60. The summed E-state index contributed by atoms with van der Waals surface area (Å²) in [5.41, 5.74) is 1.02. The second-order valence-electron chi connectivity index (χ2n) is 7.38. The highest BCUT2D eigenvalue weighted by molar-refractivity contribution is 9.10. The largest absolute Gasteiger partial charge is 0.507 e. The van der Waals surface area contributed by atoms with Gasteiger partial charge in [-0.15, -0.1) is 0 Å². The molecule has 3 nitrogen and oxygen atoms in total. The van der Waals surface area contributed by atoms with E-state index in [2.05, 4.69) is 15.9 Å². The fourth-order valence-electron chi connectivity index (χ4n) is 4.77. The van der Waals surface area contributed by atoms with E-state index in [4.69, 9.17) is 16.3 Å². The van der Waals surface area contributed by atoms with Crippen molar-refractivity contribution in [3.63, 3.8) is 0 Å². The molecule has 0 radical (unpaired) electrons. The van der Waals surface area contributed by atoms with Gasteiger partial charge >= 0.3 is 5.97 Å². The second-order valence-corrected chi connectivity index (χ2v) is 8.64. The van der Waals surface area contributed by atoms with Crippen molar-refractivity contribution in [2.24, 2.45) is 11.8 Å². The summed E-state index contributed by atoms with van der Waals surface area (Å²) in [4.78, 5) is 12.6. The number of aliphatic hydroxyl groups is 1. The number of carbonyl (C=O) groups excluding carboxylic acids is 1. The Morgan fingerprint density at radius 2 is 2.04 bits per heavy atom. The third kappa shape index (κ3) is 2.41. The first-order chi connectivity index (χ1) is 11.4. The molecule has 0 aromatic heterocycles. The summed E-state index contributed by atoms with van der Waals surface area (Å²) < 4.78 is 6.56. The minimum atomic E-state index is -0.816. The molecule has 0 saturated heterocycles. The first-order valence-electron chi connectivity index (χ1n) is 8.54. The lowest BCUT2D eigenvalue weighted by molar-refractivity contribution is -0.152. The van der Waals surface area contributed by atoms with Crippen LogP contribution in [0.1, 0.15) is 49.7 Å². The van der Waals surface area contributed by atoms with Crippen LogP contribution in [-0.2, 0) is 9.53 Å². The van der Waals surface area contributed by atoms with Crippen molar-refractivity contribution in [1.82, 2.24) is 0 Å². The van der Waals surface area contributed by atoms with Gasteiger partial charge in [0.2, 0.25) is 0 Å². The van der Waals surface area contributed by atoms with Crippen molar-refractivity contribution in [2.75, 3.05) is 0 Å². The quantitative estimate of drug-likeness (QED) is 0.614. The van der Waals surface area contributed by atoms with Gasteiger partial charge in [-0.05, 0) is 77.2 Å². The Morgan fingerprint density at radius 3 is 2.83 bits per heavy atom. The molecule has 1 spiro atoms. The molecule has 0 amide bonds. The van der Waals surface area contributed by atoms with Crippen LogP contribution in [0.5, 0.6) is 0 Å². The van der Waals surface area contributed by atoms with E-state index in [1.54, 1.807) is 6.07 Å². The van der Waals surface area contributed by atoms with Gasteiger partial charge in [-0.25, -0.2) is 4.79 Å². The number of hydrogen-bond donors (Lipinski definition) is 1. The molecular weight excluding hydrogens is 392 g/mol. The lowest BCUT2D eigenvalue weighted by atomic mass is 9.72. The van der Waals surface area contributed by atoms with Gasteiger partial charge in [0.1, 0.15) is 5.57 Å². The van der Waals surface area contributed by atoms with Gasteiger partial charge in [0.05, 0.1) is 5.02 Å². The van der Waals surface area contributed by atoms with Crippen LogP contribution >= 0.6 is 27.5 Å². The lowest BCUT2D eigenvalue weighted by Gasteiger charge is -2.38. The Bertz CT molecular complexity index is 757. The third-order valence-electron chi connectivity index (χ3n) is 6.02. The van der Waals surface area contributed by atoms with Crippen LogP contribution in [0.15, 0.2) is 22.4 Å². The van der Waals surface area contributed by atoms with Crippen molar-refractivity contribution in [1.29, 1.82) is 0 Å². The van der Waals surface area contributed by atoms with Crippen molar-refractivity contribution >= 4 is 39.1 Å². The summed E-state index contributed by atoms with van der Waals surface area (Å²) in [6.45, 7) is 1.91. The maximum absolute atomic E-state index is 12.6. The fraction of sp³-hybridized carbons (Fsp3) is 0.526. The number of fused-ring (bicyclic) bond motifs is 1. The molecule has 3 atom stereocenters. The Balaban J connectivity index is 1.77. The van der Waals surface area contributed by atoms with Gasteiger partial charge in [0.25, 0.3) is 0 Å². The van der Waals surface area contributed by atoms with E-state index in [0.717, 1.165) is 35.2 Å². The van der Waals surface area contributed by atoms with E-state index in [-0.39, 0.29) is 5.76 Å². The molecule has 1 N–H and O–H groups in total. The van der Waals surface area contributed by atoms with Gasteiger partial charge < -0.3 is 9.84 Å². The standard InChI is InChI=1S/C19H20BrClO3/c1-10-7-14(20)15(21)8-13(10)16-17(22)19(24-18(16)23)6-5-11-3-2-4-12(11)9-19/h7-8,11-12,22H,2-6,9H2,1H3. The molecule has 0 bridgehead atoms. The number of esters is 1. The monoisotopic (exact) mass is 410 g/mol. The van der Waals surface area contributed by atoms with Gasteiger partial charge in [0, 0.05) is 4.47 Å². The van der Waals surface area contributed by atoms with Gasteiger partial charge in [0.15, 0.2) is 11.4 Å². The van der Waals surface area contributed by atoms with Crippen molar-refractivity contribution in [3.8, 4) is 0 Å². The lowest BCUT2D eigenvalue weighted by Crippen LogP contribution is -2.40. The highest BCUT2D eigenvalue weighted by Crippen LogP contribution is 2.53. The zero-order valence-corrected chi connectivity index (χ0v) is 15.9. The minimum absolute atomic E-state index is 0.110. The maximum Gasteiger partial charge on any atom is 0.343 e. The molecule has 2 saturated carbocycles. The second kappa shape index (κ2) is 5.77. The van der Waals surface area contributed by atoms with E-state index in [1.165, 1.54) is 19.3 Å². The molecule has 1 heterocycles. The normalized spacial score (nSPS) is 32.4. The number of rotatable bonds is 1. The summed E-state index contributed by atoms with van der Waals surface area (Å²) in [7, 11) is 0. The van der Waals surface area contributed by atoms with Crippen molar-refractivity contribution < 1.29 is 14.6 Å². The number of halogens is 2. The maximum atomic E-state index is 12.6. The van der Waals surface area contributed by atoms with E-state index in [1.807, 2.05) is 13.0 Å². The molecule has 2 aliphatic carbocycles. The fourth-order valence-corrected chi connectivity index (χ4v) is 5.39. The SMILES string of the molecule is Cc1cc(Br)c(Cl)cc1C1=C(O)C2(CCC3CCCC3C2)OC1=O. The molecule has 24 heavy (non-hydrogen) atoms. The average Bonchev–Trinajstić information content (AvgIpc) is 3.07. The van der Waals surface area contributed by atoms with Crippen LogP contribution in [0.4, 0.5) is 0 Å². The van der Waals surface area contributed by atoms with Gasteiger partial charge in [-0.1, -0.05) is 30.9 Å². The first-order valence-corrected chi connectivity index (χ1v) is 9.71. The molecule has 1 aliphatic heterocycles. The van der Waals surface area contributed by atoms with Crippen molar-refractivity contribution in [2.45, 2.75) is 51.0 Å². The minimum Gasteiger partial charge on any atom is -0.507 e. The first kappa shape index (κ1) is 16.5. The van der Waals surface area contributed by atoms with Crippen molar-refractivity contribution in [3.05, 3.63) is 38.5 Å². The van der Waals surface area contributed by atoms with Crippen LogP contribution in [0.2, 0.25) is 5.02 Å². The number of carbonyl (C=O) groups is 1. The smallest absolute Gasteiger partial charge is 0.343 e. The zero-order chi connectivity index (χ0) is 17.1. The molecular formula is C19H20BrClO3. The van der Waals surface area contributed by atoms with Gasteiger partial charge in [-0.3, -0.25) is 0 Å². The number of hydrogen-bond acceptors (Lipinski definition) is 3. The number of aryl methyl sites for hydroxylation is 1. The molecule has 1 aromatic rings.